The van der Waals surface area contributed by atoms with Crippen LogP contribution in [0.15, 0.2) is 36.5 Å². The molecule has 142 valence electrons. The van der Waals surface area contributed by atoms with Crippen molar-refractivity contribution in [2.24, 2.45) is 0 Å². The van der Waals surface area contributed by atoms with Crippen LogP contribution in [0.25, 0.3) is 16.9 Å². The van der Waals surface area contributed by atoms with Gasteiger partial charge in [0.2, 0.25) is 0 Å². The Bertz CT molecular complexity index is 978. The molecule has 0 aliphatic rings. The van der Waals surface area contributed by atoms with Crippen LogP contribution in [0, 0.1) is 11.6 Å². The zero-order valence-electron chi connectivity index (χ0n) is 15.5. The maximum absolute atomic E-state index is 13.8. The van der Waals surface area contributed by atoms with Crippen molar-refractivity contribution in [1.82, 2.24) is 19.9 Å². The van der Waals surface area contributed by atoms with Gasteiger partial charge < -0.3 is 10.1 Å². The van der Waals surface area contributed by atoms with Crippen LogP contribution in [0.5, 0.6) is 0 Å². The highest BCUT2D eigenvalue weighted by Gasteiger charge is 2.23. The van der Waals surface area contributed by atoms with E-state index >= 15 is 0 Å². The summed E-state index contributed by atoms with van der Waals surface area (Å²) in [6, 6.07) is 6.30. The van der Waals surface area contributed by atoms with Gasteiger partial charge in [0.25, 0.3) is 0 Å². The molecule has 0 saturated heterocycles. The Morgan fingerprint density at radius 1 is 1.19 bits per heavy atom. The number of amides is 1. The molecule has 0 saturated carbocycles. The Morgan fingerprint density at radius 2 is 1.89 bits per heavy atom. The molecule has 1 aromatic carbocycles. The summed E-state index contributed by atoms with van der Waals surface area (Å²) in [4.78, 5) is 20.7. The Labute approximate surface area is 155 Å². The lowest BCUT2D eigenvalue weighted by Gasteiger charge is -2.22. The molecular weight excluding hydrogens is 354 g/mol. The van der Waals surface area contributed by atoms with Crippen molar-refractivity contribution in [2.75, 3.05) is 0 Å². The van der Waals surface area contributed by atoms with Gasteiger partial charge in [-0.15, -0.1) is 0 Å². The highest BCUT2D eigenvalue weighted by molar-refractivity contribution is 5.78. The molecule has 1 N–H and O–H groups in total. The minimum atomic E-state index is -0.647. The monoisotopic (exact) mass is 374 g/mol. The molecule has 0 radical (unpaired) electrons. The number of hydrogen-bond donors (Lipinski definition) is 1. The average molecular weight is 374 g/mol. The number of hydrogen-bond acceptors (Lipinski definition) is 4. The highest BCUT2D eigenvalue weighted by Crippen LogP contribution is 2.25. The molecule has 0 unspecified atom stereocenters. The van der Waals surface area contributed by atoms with E-state index < -0.39 is 29.4 Å². The van der Waals surface area contributed by atoms with Crippen LogP contribution in [0.1, 0.15) is 39.6 Å². The fraction of sp³-hybridized carbons (Fsp3) is 0.316. The third kappa shape index (κ3) is 4.21. The first-order valence-corrected chi connectivity index (χ1v) is 8.43. The molecule has 6 nitrogen and oxygen atoms in total. The summed E-state index contributed by atoms with van der Waals surface area (Å²) in [5.41, 5.74) is 0.336. The molecule has 0 aliphatic carbocycles. The number of nitrogens with one attached hydrogen (secondary N) is 1. The van der Waals surface area contributed by atoms with Gasteiger partial charge in [-0.2, -0.15) is 0 Å². The van der Waals surface area contributed by atoms with Crippen molar-refractivity contribution in [2.45, 2.75) is 39.3 Å². The first-order chi connectivity index (χ1) is 12.6. The van der Waals surface area contributed by atoms with Crippen LogP contribution in [-0.4, -0.2) is 26.2 Å². The van der Waals surface area contributed by atoms with Gasteiger partial charge in [-0.05, 0) is 52.0 Å². The lowest BCUT2D eigenvalue weighted by Crippen LogP contribution is -2.34. The van der Waals surface area contributed by atoms with Crippen LogP contribution in [-0.2, 0) is 4.74 Å². The number of rotatable bonds is 3. The number of fused-ring (bicyclic) bond motifs is 1. The standard InChI is InChI=1S/C19H20F2N4O2/c1-11(23-18(26)27-19(2,3)4)17-24-14-7-5-12(20)9-15(14)25(17)16-8-6-13(21)10-22-16/h5-11H,1-4H3,(H,23,26)/t11-/m0/s1. The van der Waals surface area contributed by atoms with E-state index in [1.165, 1.54) is 30.3 Å². The van der Waals surface area contributed by atoms with E-state index in [2.05, 4.69) is 15.3 Å². The SMILES string of the molecule is C[C@H](NC(=O)OC(C)(C)C)c1nc2ccc(F)cc2n1-c1ccc(F)cn1. The van der Waals surface area contributed by atoms with Gasteiger partial charge in [-0.1, -0.05) is 0 Å². The van der Waals surface area contributed by atoms with Gasteiger partial charge in [-0.3, -0.25) is 4.57 Å². The van der Waals surface area contributed by atoms with E-state index in [0.717, 1.165) is 6.20 Å². The lowest BCUT2D eigenvalue weighted by molar-refractivity contribution is 0.0505. The number of carbonyl (C=O) groups is 1. The molecule has 0 spiro atoms. The van der Waals surface area contributed by atoms with Crippen molar-refractivity contribution in [3.63, 3.8) is 0 Å². The number of carbonyl (C=O) groups excluding carboxylic acids is 1. The molecule has 0 bridgehead atoms. The average Bonchev–Trinajstić information content (AvgIpc) is 2.92. The normalized spacial score (nSPS) is 12.8. The molecule has 2 aromatic heterocycles. The first kappa shape index (κ1) is 18.8. The largest absolute Gasteiger partial charge is 0.444 e. The molecule has 1 atom stereocenters. The second-order valence-electron chi connectivity index (χ2n) is 7.14. The molecule has 1 amide bonds. The number of imidazole rings is 1. The van der Waals surface area contributed by atoms with Crippen LogP contribution in [0.4, 0.5) is 13.6 Å². The molecule has 3 rings (SSSR count). The zero-order valence-corrected chi connectivity index (χ0v) is 15.5. The number of halogens is 2. The topological polar surface area (TPSA) is 69.0 Å². The van der Waals surface area contributed by atoms with E-state index in [0.29, 0.717) is 22.7 Å². The van der Waals surface area contributed by atoms with E-state index in [1.807, 2.05) is 0 Å². The summed E-state index contributed by atoms with van der Waals surface area (Å²) >= 11 is 0. The maximum Gasteiger partial charge on any atom is 0.408 e. The van der Waals surface area contributed by atoms with Crippen LogP contribution < -0.4 is 5.32 Å². The fourth-order valence-electron chi connectivity index (χ4n) is 2.65. The summed E-state index contributed by atoms with van der Waals surface area (Å²) in [5.74, 6) is -0.154. The summed E-state index contributed by atoms with van der Waals surface area (Å²) < 4.78 is 33.9. The summed E-state index contributed by atoms with van der Waals surface area (Å²) in [7, 11) is 0. The Hall–Kier alpha value is -3.03. The number of ether oxygens (including phenoxy) is 1. The molecule has 27 heavy (non-hydrogen) atoms. The summed E-state index contributed by atoms with van der Waals surface area (Å²) in [6.45, 7) is 7.01. The number of pyridine rings is 1. The number of nitrogens with zero attached hydrogens (tertiary/aromatic N) is 3. The molecular formula is C19H20F2N4O2. The van der Waals surface area contributed by atoms with Crippen molar-refractivity contribution in [1.29, 1.82) is 0 Å². The minimum Gasteiger partial charge on any atom is -0.444 e. The van der Waals surface area contributed by atoms with Gasteiger partial charge in [0.05, 0.1) is 23.3 Å². The predicted molar refractivity (Wildman–Crippen MR) is 96.6 cm³/mol. The highest BCUT2D eigenvalue weighted by atomic mass is 19.1. The number of aromatic nitrogens is 3. The minimum absolute atomic E-state index is 0.359. The smallest absolute Gasteiger partial charge is 0.408 e. The Balaban J connectivity index is 2.05. The van der Waals surface area contributed by atoms with Crippen LogP contribution in [0.3, 0.4) is 0 Å². The van der Waals surface area contributed by atoms with Gasteiger partial charge in [0.1, 0.15) is 28.9 Å². The van der Waals surface area contributed by atoms with Crippen molar-refractivity contribution < 1.29 is 18.3 Å². The number of benzene rings is 1. The predicted octanol–water partition coefficient (Wildman–Crippen LogP) is 4.28. The van der Waals surface area contributed by atoms with Crippen LogP contribution in [0.2, 0.25) is 0 Å². The Morgan fingerprint density at radius 3 is 2.52 bits per heavy atom. The van der Waals surface area contributed by atoms with Crippen molar-refractivity contribution >= 4 is 17.1 Å². The molecule has 8 heteroatoms. The second kappa shape index (κ2) is 6.94. The molecule has 3 aromatic rings. The van der Waals surface area contributed by atoms with Gasteiger partial charge >= 0.3 is 6.09 Å². The third-order valence-corrected chi connectivity index (χ3v) is 3.70. The van der Waals surface area contributed by atoms with Crippen LogP contribution >= 0.6 is 0 Å². The quantitative estimate of drug-likeness (QED) is 0.743. The molecule has 2 heterocycles. The second-order valence-corrected chi connectivity index (χ2v) is 7.14. The van der Waals surface area contributed by atoms with Crippen molar-refractivity contribution in [3.8, 4) is 5.82 Å². The fourth-order valence-corrected chi connectivity index (χ4v) is 2.65. The summed E-state index contributed by atoms with van der Waals surface area (Å²) in [5, 5.41) is 2.71. The van der Waals surface area contributed by atoms with Gasteiger partial charge in [0.15, 0.2) is 0 Å². The van der Waals surface area contributed by atoms with E-state index in [1.54, 1.807) is 32.3 Å². The van der Waals surface area contributed by atoms with E-state index in [9.17, 15) is 13.6 Å². The molecule has 0 aliphatic heterocycles. The molecule has 0 fully saturated rings. The lowest BCUT2D eigenvalue weighted by atomic mass is 10.2. The summed E-state index contributed by atoms with van der Waals surface area (Å²) in [6.07, 6.45) is 0.461. The van der Waals surface area contributed by atoms with Gasteiger partial charge in [0, 0.05) is 6.07 Å². The van der Waals surface area contributed by atoms with Gasteiger partial charge in [-0.25, -0.2) is 23.5 Å². The van der Waals surface area contributed by atoms with E-state index in [-0.39, 0.29) is 0 Å². The first-order valence-electron chi connectivity index (χ1n) is 8.43. The maximum atomic E-state index is 13.8. The zero-order chi connectivity index (χ0) is 19.8. The number of alkyl carbamates (subject to hydrolysis) is 1. The van der Waals surface area contributed by atoms with Crippen molar-refractivity contribution in [3.05, 3.63) is 54.0 Å². The third-order valence-electron chi connectivity index (χ3n) is 3.70. The van der Waals surface area contributed by atoms with E-state index in [4.69, 9.17) is 4.74 Å². The Kier molecular flexibility index (Phi) is 4.82.